The highest BCUT2D eigenvalue weighted by atomic mass is 35.5. The van der Waals surface area contributed by atoms with Gasteiger partial charge in [-0.05, 0) is 51.9 Å². The molecule has 100 valence electrons. The van der Waals surface area contributed by atoms with Gasteiger partial charge in [-0.15, -0.1) is 12.4 Å². The maximum atomic E-state index is 6.19. The summed E-state index contributed by atoms with van der Waals surface area (Å²) < 4.78 is 5.36. The lowest BCUT2D eigenvalue weighted by Crippen LogP contribution is -2.44. The third-order valence-corrected chi connectivity index (χ3v) is 4.18. The average molecular weight is 270 g/mol. The lowest BCUT2D eigenvalue weighted by molar-refractivity contribution is 0.229. The molecule has 0 atom stereocenters. The van der Waals surface area contributed by atoms with E-state index in [1.165, 1.54) is 43.3 Å². The van der Waals surface area contributed by atoms with Gasteiger partial charge < -0.3 is 10.3 Å². The molecule has 0 aliphatic heterocycles. The smallest absolute Gasteiger partial charge is 0.253 e. The van der Waals surface area contributed by atoms with Crippen LogP contribution in [0.1, 0.15) is 63.6 Å². The molecule has 0 aromatic carbocycles. The first kappa shape index (κ1) is 13.6. The van der Waals surface area contributed by atoms with E-state index in [2.05, 4.69) is 17.1 Å². The fourth-order valence-corrected chi connectivity index (χ4v) is 2.69. The normalized spacial score (nSPS) is 21.3. The first-order valence-corrected chi connectivity index (χ1v) is 6.51. The Morgan fingerprint density at radius 3 is 2.44 bits per heavy atom. The van der Waals surface area contributed by atoms with Crippen LogP contribution in [0.25, 0.3) is 5.57 Å². The Labute approximate surface area is 113 Å². The van der Waals surface area contributed by atoms with Crippen LogP contribution in [-0.4, -0.2) is 10.1 Å². The number of nitrogens with zero attached hydrogens (tertiary/aromatic N) is 2. The zero-order chi connectivity index (χ0) is 11.9. The maximum Gasteiger partial charge on any atom is 0.253 e. The molecule has 0 saturated heterocycles. The highest BCUT2D eigenvalue weighted by Crippen LogP contribution is 2.38. The molecule has 2 fully saturated rings. The molecule has 4 nitrogen and oxygen atoms in total. The SMILES string of the molecule is CC(=C1CCCC1)c1nc(C2(N)CCC2)no1.Cl. The molecule has 5 heteroatoms. The van der Waals surface area contributed by atoms with E-state index in [0.717, 1.165) is 12.8 Å². The summed E-state index contributed by atoms with van der Waals surface area (Å²) in [6.45, 7) is 2.09. The number of allylic oxidation sites excluding steroid dienone is 2. The molecule has 0 unspecified atom stereocenters. The van der Waals surface area contributed by atoms with Crippen LogP contribution in [-0.2, 0) is 5.54 Å². The summed E-state index contributed by atoms with van der Waals surface area (Å²) in [4.78, 5) is 4.49. The third kappa shape index (κ3) is 2.19. The highest BCUT2D eigenvalue weighted by molar-refractivity contribution is 5.85. The van der Waals surface area contributed by atoms with E-state index in [4.69, 9.17) is 10.3 Å². The van der Waals surface area contributed by atoms with Crippen molar-refractivity contribution >= 4 is 18.0 Å². The van der Waals surface area contributed by atoms with Crippen LogP contribution in [0.4, 0.5) is 0 Å². The van der Waals surface area contributed by atoms with Crippen LogP contribution in [0.3, 0.4) is 0 Å². The van der Waals surface area contributed by atoms with Gasteiger partial charge in [-0.25, -0.2) is 0 Å². The van der Waals surface area contributed by atoms with Gasteiger partial charge in [0, 0.05) is 5.57 Å². The second-order valence-electron chi connectivity index (χ2n) is 5.37. The molecular weight excluding hydrogens is 250 g/mol. The Morgan fingerprint density at radius 1 is 1.22 bits per heavy atom. The second-order valence-corrected chi connectivity index (χ2v) is 5.37. The minimum Gasteiger partial charge on any atom is -0.334 e. The predicted octanol–water partition coefficient (Wildman–Crippen LogP) is 3.18. The van der Waals surface area contributed by atoms with Crippen LogP contribution in [0.15, 0.2) is 10.1 Å². The van der Waals surface area contributed by atoms with Crippen molar-refractivity contribution < 1.29 is 4.52 Å². The van der Waals surface area contributed by atoms with Crippen LogP contribution in [0.2, 0.25) is 0 Å². The Bertz CT molecular complexity index is 455. The highest BCUT2D eigenvalue weighted by Gasteiger charge is 2.39. The lowest BCUT2D eigenvalue weighted by atomic mass is 9.77. The average Bonchev–Trinajstić information content (AvgIpc) is 2.95. The fraction of sp³-hybridized carbons (Fsp3) is 0.692. The van der Waals surface area contributed by atoms with Crippen LogP contribution in [0, 0.1) is 0 Å². The van der Waals surface area contributed by atoms with Crippen molar-refractivity contribution in [2.24, 2.45) is 5.73 Å². The molecule has 1 heterocycles. The molecule has 0 radical (unpaired) electrons. The molecule has 1 aromatic heterocycles. The molecule has 1 aromatic rings. The number of aromatic nitrogens is 2. The van der Waals surface area contributed by atoms with Gasteiger partial charge in [0.15, 0.2) is 5.82 Å². The van der Waals surface area contributed by atoms with E-state index < -0.39 is 0 Å². The molecule has 2 aliphatic rings. The molecule has 3 rings (SSSR count). The molecule has 18 heavy (non-hydrogen) atoms. The monoisotopic (exact) mass is 269 g/mol. The van der Waals surface area contributed by atoms with Crippen molar-refractivity contribution in [1.82, 2.24) is 10.1 Å². The van der Waals surface area contributed by atoms with E-state index in [0.29, 0.717) is 11.7 Å². The van der Waals surface area contributed by atoms with Gasteiger partial charge in [-0.1, -0.05) is 10.7 Å². The van der Waals surface area contributed by atoms with Gasteiger partial charge in [0.25, 0.3) is 5.89 Å². The Hall–Kier alpha value is -0.870. The summed E-state index contributed by atoms with van der Waals surface area (Å²) in [5.41, 5.74) is 8.52. The molecule has 0 amide bonds. The number of hydrogen-bond acceptors (Lipinski definition) is 4. The van der Waals surface area contributed by atoms with Crippen LogP contribution in [0.5, 0.6) is 0 Å². The van der Waals surface area contributed by atoms with Gasteiger partial charge in [-0.2, -0.15) is 4.98 Å². The fourth-order valence-electron chi connectivity index (χ4n) is 2.69. The molecule has 2 aliphatic carbocycles. The van der Waals surface area contributed by atoms with Gasteiger partial charge >= 0.3 is 0 Å². The zero-order valence-electron chi connectivity index (χ0n) is 10.7. The summed E-state index contributed by atoms with van der Waals surface area (Å²) in [5, 5.41) is 4.06. The largest absolute Gasteiger partial charge is 0.334 e. The second kappa shape index (κ2) is 5.02. The van der Waals surface area contributed by atoms with Crippen LogP contribution >= 0.6 is 12.4 Å². The maximum absolute atomic E-state index is 6.19. The number of nitrogens with two attached hydrogens (primary N) is 1. The minimum atomic E-state index is -0.317. The predicted molar refractivity (Wildman–Crippen MR) is 72.3 cm³/mol. The van der Waals surface area contributed by atoms with Crippen molar-refractivity contribution in [3.05, 3.63) is 17.3 Å². The van der Waals surface area contributed by atoms with Crippen molar-refractivity contribution in [3.63, 3.8) is 0 Å². The van der Waals surface area contributed by atoms with Gasteiger partial charge in [0.1, 0.15) is 0 Å². The third-order valence-electron chi connectivity index (χ3n) is 4.18. The van der Waals surface area contributed by atoms with Crippen molar-refractivity contribution in [3.8, 4) is 0 Å². The lowest BCUT2D eigenvalue weighted by Gasteiger charge is -2.34. The quantitative estimate of drug-likeness (QED) is 0.896. The Morgan fingerprint density at radius 2 is 1.89 bits per heavy atom. The summed E-state index contributed by atoms with van der Waals surface area (Å²) in [5.74, 6) is 1.37. The van der Waals surface area contributed by atoms with Gasteiger partial charge in [0.2, 0.25) is 0 Å². The molecular formula is C13H20ClN3O. The van der Waals surface area contributed by atoms with Gasteiger partial charge in [0.05, 0.1) is 5.54 Å². The molecule has 2 saturated carbocycles. The van der Waals surface area contributed by atoms with Crippen molar-refractivity contribution in [1.29, 1.82) is 0 Å². The number of rotatable bonds is 2. The van der Waals surface area contributed by atoms with E-state index in [1.807, 2.05) is 0 Å². The zero-order valence-corrected chi connectivity index (χ0v) is 11.6. The number of hydrogen-bond donors (Lipinski definition) is 1. The summed E-state index contributed by atoms with van der Waals surface area (Å²) >= 11 is 0. The summed E-state index contributed by atoms with van der Waals surface area (Å²) in [6, 6.07) is 0. The first-order chi connectivity index (χ1) is 8.19. The Balaban J connectivity index is 0.00000120. The molecule has 0 spiro atoms. The topological polar surface area (TPSA) is 64.9 Å². The van der Waals surface area contributed by atoms with Crippen LogP contribution < -0.4 is 5.73 Å². The van der Waals surface area contributed by atoms with E-state index >= 15 is 0 Å². The number of halogens is 1. The van der Waals surface area contributed by atoms with Crippen molar-refractivity contribution in [2.45, 2.75) is 57.4 Å². The van der Waals surface area contributed by atoms with E-state index in [-0.39, 0.29) is 17.9 Å². The standard InChI is InChI=1S/C13H19N3O.ClH/c1-9(10-5-2-3-6-10)11-15-12(16-17-11)13(14)7-4-8-13;/h2-8,14H2,1H3;1H. The van der Waals surface area contributed by atoms with E-state index in [1.54, 1.807) is 0 Å². The minimum absolute atomic E-state index is 0. The molecule has 2 N–H and O–H groups in total. The molecule has 0 bridgehead atoms. The summed E-state index contributed by atoms with van der Waals surface area (Å²) in [6.07, 6.45) is 8.04. The Kier molecular flexibility index (Phi) is 3.78. The summed E-state index contributed by atoms with van der Waals surface area (Å²) in [7, 11) is 0. The van der Waals surface area contributed by atoms with E-state index in [9.17, 15) is 0 Å². The van der Waals surface area contributed by atoms with Crippen molar-refractivity contribution in [2.75, 3.05) is 0 Å². The van der Waals surface area contributed by atoms with Gasteiger partial charge in [-0.3, -0.25) is 0 Å². The first-order valence-electron chi connectivity index (χ1n) is 6.51.